The fraction of sp³-hybridized carbons (Fsp3) is 0.462. The smallest absolute Gasteiger partial charge is 0.407 e. The molecule has 1 saturated heterocycles. The monoisotopic (exact) mass is 235 g/mol. The number of carbonyl (C=O) groups is 1. The second-order valence-electron chi connectivity index (χ2n) is 5.08. The molecule has 4 heteroatoms. The Morgan fingerprint density at radius 1 is 1.29 bits per heavy atom. The Morgan fingerprint density at radius 3 is 2.41 bits per heavy atom. The van der Waals surface area contributed by atoms with Crippen LogP contribution in [0.5, 0.6) is 5.75 Å². The van der Waals surface area contributed by atoms with Gasteiger partial charge >= 0.3 is 6.09 Å². The highest BCUT2D eigenvalue weighted by Gasteiger charge is 2.23. The van der Waals surface area contributed by atoms with Crippen LogP contribution in [0.15, 0.2) is 24.3 Å². The van der Waals surface area contributed by atoms with Gasteiger partial charge in [-0.1, -0.05) is 12.1 Å². The highest BCUT2D eigenvalue weighted by atomic mass is 16.6. The topological polar surface area (TPSA) is 47.6 Å². The Morgan fingerprint density at radius 2 is 1.94 bits per heavy atom. The molecular formula is C13H17NO3. The lowest BCUT2D eigenvalue weighted by Crippen LogP contribution is -2.23. The van der Waals surface area contributed by atoms with Crippen LogP contribution in [0, 0.1) is 0 Å². The number of benzene rings is 1. The van der Waals surface area contributed by atoms with E-state index >= 15 is 0 Å². The van der Waals surface area contributed by atoms with Crippen molar-refractivity contribution in [3.05, 3.63) is 29.8 Å². The van der Waals surface area contributed by atoms with E-state index in [9.17, 15) is 4.79 Å². The van der Waals surface area contributed by atoms with Crippen LogP contribution in [0.3, 0.4) is 0 Å². The molecule has 0 aromatic heterocycles. The molecule has 17 heavy (non-hydrogen) atoms. The van der Waals surface area contributed by atoms with Gasteiger partial charge in [0, 0.05) is 0 Å². The number of alkyl carbamates (subject to hydrolysis) is 1. The zero-order chi connectivity index (χ0) is 12.5. The molecule has 1 fully saturated rings. The van der Waals surface area contributed by atoms with Gasteiger partial charge in [-0.05, 0) is 38.5 Å². The summed E-state index contributed by atoms with van der Waals surface area (Å²) in [6, 6.07) is 7.66. The quantitative estimate of drug-likeness (QED) is 0.857. The fourth-order valence-corrected chi connectivity index (χ4v) is 1.69. The lowest BCUT2D eigenvalue weighted by atomic mass is 10.1. The molecule has 0 unspecified atom stereocenters. The Labute approximate surface area is 101 Å². The molecule has 1 aliphatic rings. The molecule has 1 aliphatic heterocycles. The number of rotatable bonds is 2. The number of hydrogen-bond acceptors (Lipinski definition) is 3. The first kappa shape index (κ1) is 11.8. The van der Waals surface area contributed by atoms with Crippen molar-refractivity contribution in [3.8, 4) is 5.75 Å². The summed E-state index contributed by atoms with van der Waals surface area (Å²) in [6.45, 7) is 6.40. The van der Waals surface area contributed by atoms with Gasteiger partial charge in [0.2, 0.25) is 0 Å². The van der Waals surface area contributed by atoms with Gasteiger partial charge in [-0.15, -0.1) is 0 Å². The molecule has 0 spiro atoms. The predicted octanol–water partition coefficient (Wildman–Crippen LogP) is 2.64. The third-order valence-corrected chi connectivity index (χ3v) is 2.38. The minimum Gasteiger partial charge on any atom is -0.488 e. The SMILES string of the molecule is CC(C)(C)Oc1ccc([C@H]2COC(=O)N2)cc1. The van der Waals surface area contributed by atoms with E-state index in [4.69, 9.17) is 9.47 Å². The lowest BCUT2D eigenvalue weighted by molar-refractivity contribution is 0.131. The highest BCUT2D eigenvalue weighted by Crippen LogP contribution is 2.23. The number of ether oxygens (including phenoxy) is 2. The van der Waals surface area contributed by atoms with E-state index in [2.05, 4.69) is 5.32 Å². The fourth-order valence-electron chi connectivity index (χ4n) is 1.69. The molecule has 0 radical (unpaired) electrons. The van der Waals surface area contributed by atoms with E-state index in [0.29, 0.717) is 6.61 Å². The van der Waals surface area contributed by atoms with Crippen LogP contribution in [-0.4, -0.2) is 18.3 Å². The van der Waals surface area contributed by atoms with Gasteiger partial charge in [-0.3, -0.25) is 0 Å². The summed E-state index contributed by atoms with van der Waals surface area (Å²) in [5.74, 6) is 0.825. The second-order valence-corrected chi connectivity index (χ2v) is 5.08. The molecule has 0 bridgehead atoms. The van der Waals surface area contributed by atoms with E-state index in [0.717, 1.165) is 11.3 Å². The summed E-state index contributed by atoms with van der Waals surface area (Å²) in [5, 5.41) is 2.74. The van der Waals surface area contributed by atoms with Crippen LogP contribution in [0.1, 0.15) is 32.4 Å². The van der Waals surface area contributed by atoms with E-state index in [1.165, 1.54) is 0 Å². The Balaban J connectivity index is 2.05. The highest BCUT2D eigenvalue weighted by molar-refractivity contribution is 5.70. The van der Waals surface area contributed by atoms with Crippen molar-refractivity contribution in [1.82, 2.24) is 5.32 Å². The largest absolute Gasteiger partial charge is 0.488 e. The first-order valence-corrected chi connectivity index (χ1v) is 5.66. The van der Waals surface area contributed by atoms with Crippen LogP contribution >= 0.6 is 0 Å². The number of cyclic esters (lactones) is 1. The molecule has 0 saturated carbocycles. The van der Waals surface area contributed by atoms with Crippen LogP contribution in [0.2, 0.25) is 0 Å². The maximum Gasteiger partial charge on any atom is 0.407 e. The summed E-state index contributed by atoms with van der Waals surface area (Å²) in [4.78, 5) is 10.9. The van der Waals surface area contributed by atoms with Crippen LogP contribution in [-0.2, 0) is 4.74 Å². The molecule has 1 aromatic carbocycles. The van der Waals surface area contributed by atoms with Crippen molar-refractivity contribution in [2.24, 2.45) is 0 Å². The van der Waals surface area contributed by atoms with Crippen molar-refractivity contribution in [2.45, 2.75) is 32.4 Å². The Kier molecular flexibility index (Phi) is 2.96. The van der Waals surface area contributed by atoms with E-state index < -0.39 is 0 Å². The van der Waals surface area contributed by atoms with Crippen molar-refractivity contribution in [3.63, 3.8) is 0 Å². The summed E-state index contributed by atoms with van der Waals surface area (Å²) in [6.07, 6.45) is -0.356. The molecular weight excluding hydrogens is 218 g/mol. The summed E-state index contributed by atoms with van der Waals surface area (Å²) < 4.78 is 10.6. The molecule has 0 aliphatic carbocycles. The van der Waals surface area contributed by atoms with Crippen LogP contribution in [0.25, 0.3) is 0 Å². The third kappa shape index (κ3) is 3.12. The molecule has 4 nitrogen and oxygen atoms in total. The lowest BCUT2D eigenvalue weighted by Gasteiger charge is -2.21. The van der Waals surface area contributed by atoms with Gasteiger partial charge in [0.05, 0.1) is 6.04 Å². The van der Waals surface area contributed by atoms with E-state index in [1.54, 1.807) is 0 Å². The summed E-state index contributed by atoms with van der Waals surface area (Å²) in [5.41, 5.74) is 0.823. The minimum atomic E-state index is -0.356. The number of nitrogens with one attached hydrogen (secondary N) is 1. The zero-order valence-corrected chi connectivity index (χ0v) is 10.3. The Bertz CT molecular complexity index is 406. The maximum atomic E-state index is 10.9. The van der Waals surface area contributed by atoms with Crippen molar-refractivity contribution < 1.29 is 14.3 Å². The van der Waals surface area contributed by atoms with Gasteiger partial charge in [-0.25, -0.2) is 4.79 Å². The normalized spacial score (nSPS) is 19.7. The van der Waals surface area contributed by atoms with Gasteiger partial charge < -0.3 is 14.8 Å². The second kappa shape index (κ2) is 4.28. The molecule has 1 amide bonds. The van der Waals surface area contributed by atoms with E-state index in [1.807, 2.05) is 45.0 Å². The zero-order valence-electron chi connectivity index (χ0n) is 10.3. The molecule has 92 valence electrons. The molecule has 2 rings (SSSR count). The number of hydrogen-bond donors (Lipinski definition) is 1. The van der Waals surface area contributed by atoms with E-state index in [-0.39, 0.29) is 17.7 Å². The molecule has 1 N–H and O–H groups in total. The molecule has 1 atom stereocenters. The van der Waals surface area contributed by atoms with Gasteiger partial charge in [-0.2, -0.15) is 0 Å². The van der Waals surface area contributed by atoms with Crippen molar-refractivity contribution in [1.29, 1.82) is 0 Å². The molecule has 1 heterocycles. The summed E-state index contributed by atoms with van der Waals surface area (Å²) >= 11 is 0. The Hall–Kier alpha value is -1.71. The minimum absolute atomic E-state index is 0.0498. The van der Waals surface area contributed by atoms with Gasteiger partial charge in [0.1, 0.15) is 18.0 Å². The van der Waals surface area contributed by atoms with Crippen LogP contribution in [0.4, 0.5) is 4.79 Å². The average molecular weight is 235 g/mol. The van der Waals surface area contributed by atoms with Gasteiger partial charge in [0.15, 0.2) is 0 Å². The predicted molar refractivity (Wildman–Crippen MR) is 64.0 cm³/mol. The third-order valence-electron chi connectivity index (χ3n) is 2.38. The van der Waals surface area contributed by atoms with Crippen molar-refractivity contribution in [2.75, 3.05) is 6.61 Å². The summed E-state index contributed by atoms with van der Waals surface area (Å²) in [7, 11) is 0. The van der Waals surface area contributed by atoms with Gasteiger partial charge in [0.25, 0.3) is 0 Å². The van der Waals surface area contributed by atoms with Crippen LogP contribution < -0.4 is 10.1 Å². The van der Waals surface area contributed by atoms with Crippen molar-refractivity contribution >= 4 is 6.09 Å². The number of amides is 1. The standard InChI is InChI=1S/C13H17NO3/c1-13(2,3)17-10-6-4-9(5-7-10)11-8-16-12(15)14-11/h4-7,11H,8H2,1-3H3,(H,14,15)/t11-/m1/s1. The average Bonchev–Trinajstić information content (AvgIpc) is 2.63. The number of carbonyl (C=O) groups excluding carboxylic acids is 1. The molecule has 1 aromatic rings. The maximum absolute atomic E-state index is 10.9. The first-order valence-electron chi connectivity index (χ1n) is 5.66. The first-order chi connectivity index (χ1) is 7.94.